The number of nitrogens with zero attached hydrogens (tertiary/aromatic N) is 4. The van der Waals surface area contributed by atoms with Crippen molar-refractivity contribution in [2.24, 2.45) is 0 Å². The van der Waals surface area contributed by atoms with Crippen LogP contribution in [0.5, 0.6) is 0 Å². The first kappa shape index (κ1) is 23.4. The van der Waals surface area contributed by atoms with E-state index < -0.39 is 40.6 Å². The molecule has 1 spiro atoms. The van der Waals surface area contributed by atoms with Gasteiger partial charge in [0.15, 0.2) is 5.69 Å². The maximum absolute atomic E-state index is 14.7. The summed E-state index contributed by atoms with van der Waals surface area (Å²) in [4.78, 5) is 31.0. The van der Waals surface area contributed by atoms with E-state index in [-0.39, 0.29) is 46.1 Å². The molecule has 13 heteroatoms. The molecular weight excluding hydrogens is 478 g/mol. The van der Waals surface area contributed by atoms with E-state index in [4.69, 9.17) is 5.26 Å². The number of hydrogen-bond donors (Lipinski definition) is 1. The summed E-state index contributed by atoms with van der Waals surface area (Å²) in [5, 5.41) is 11.0. The van der Waals surface area contributed by atoms with Gasteiger partial charge in [0.2, 0.25) is 5.11 Å². The molecule has 1 N–H and O–H groups in total. The molecule has 2 heterocycles. The van der Waals surface area contributed by atoms with Crippen molar-refractivity contribution in [1.29, 1.82) is 5.26 Å². The molecule has 1 aliphatic heterocycles. The van der Waals surface area contributed by atoms with Crippen LogP contribution < -0.4 is 15.1 Å². The molecule has 1 aromatic heterocycles. The lowest BCUT2D eigenvalue weighted by Gasteiger charge is -2.42. The molecule has 34 heavy (non-hydrogen) atoms. The van der Waals surface area contributed by atoms with Crippen molar-refractivity contribution in [3.8, 4) is 6.07 Å². The van der Waals surface area contributed by atoms with Crippen LogP contribution in [0.2, 0.25) is 0 Å². The molecular formula is C21H15F4N5O3S. The molecule has 0 unspecified atom stereocenters. The molecule has 0 radical (unpaired) electrons. The molecule has 1 saturated carbocycles. The van der Waals surface area contributed by atoms with Gasteiger partial charge in [-0.2, -0.15) is 18.4 Å². The summed E-state index contributed by atoms with van der Waals surface area (Å²) >= 11 is -0.140. The highest BCUT2D eigenvalue weighted by Gasteiger charge is 2.60. The highest BCUT2D eigenvalue weighted by molar-refractivity contribution is 7.67. The average Bonchev–Trinajstić information content (AvgIpc) is 3.06. The maximum atomic E-state index is 14.7. The predicted molar refractivity (Wildman–Crippen MR) is 113 cm³/mol. The van der Waals surface area contributed by atoms with Crippen LogP contribution in [0.15, 0.2) is 30.5 Å². The Labute approximate surface area is 193 Å². The molecule has 1 saturated heterocycles. The Kier molecular flexibility index (Phi) is 5.64. The number of halogens is 4. The zero-order chi connectivity index (χ0) is 24.8. The standard InChI is InChI=1S/C21H15F4N5O3S/c1-27-17(31)13-4-3-11(8-15(13)22)30-19(34-33)29(18(32)20(30)5-2-6-20)12-7-14(21(23,24)25)16(9-26)28-10-12/h3-4,7-8,10H,2,5-6H2,1H3,(H,27,31). The second-order valence-electron chi connectivity index (χ2n) is 7.67. The van der Waals surface area contributed by atoms with E-state index in [9.17, 15) is 31.4 Å². The third kappa shape index (κ3) is 3.41. The Hall–Kier alpha value is -3.79. The normalized spacial score (nSPS) is 16.9. The minimum absolute atomic E-state index is 0.0942. The Bertz CT molecular complexity index is 1310. The lowest BCUT2D eigenvalue weighted by Crippen LogP contribution is -2.55. The van der Waals surface area contributed by atoms with Crippen molar-refractivity contribution >= 4 is 39.6 Å². The first-order valence-corrected chi connectivity index (χ1v) is 10.6. The number of carbonyl (C=O) groups excluding carboxylic acids is 2. The summed E-state index contributed by atoms with van der Waals surface area (Å²) in [7, 11) is 1.33. The number of rotatable bonds is 3. The fraction of sp³-hybridized carbons (Fsp3) is 0.286. The lowest BCUT2D eigenvalue weighted by molar-refractivity contribution is -0.138. The van der Waals surface area contributed by atoms with Crippen LogP contribution in [0.3, 0.4) is 0 Å². The number of hydrogen-bond acceptors (Lipinski definition) is 5. The highest BCUT2D eigenvalue weighted by Crippen LogP contribution is 2.48. The molecule has 0 bridgehead atoms. The first-order valence-electron chi connectivity index (χ1n) is 9.89. The summed E-state index contributed by atoms with van der Waals surface area (Å²) in [5.74, 6) is -2.23. The van der Waals surface area contributed by atoms with E-state index in [2.05, 4.69) is 10.3 Å². The van der Waals surface area contributed by atoms with Crippen LogP contribution in [-0.4, -0.2) is 38.7 Å². The topological polar surface area (TPSA) is 106 Å². The van der Waals surface area contributed by atoms with Gasteiger partial charge < -0.3 is 10.2 Å². The van der Waals surface area contributed by atoms with Crippen LogP contribution in [0.1, 0.15) is 40.9 Å². The molecule has 1 aliphatic carbocycles. The van der Waals surface area contributed by atoms with Gasteiger partial charge in [0.25, 0.3) is 11.8 Å². The van der Waals surface area contributed by atoms with Gasteiger partial charge in [-0.1, -0.05) is 0 Å². The number of alkyl halides is 3. The van der Waals surface area contributed by atoms with E-state index in [1.165, 1.54) is 30.1 Å². The number of anilines is 2. The van der Waals surface area contributed by atoms with Crippen molar-refractivity contribution in [1.82, 2.24) is 10.3 Å². The smallest absolute Gasteiger partial charge is 0.355 e. The van der Waals surface area contributed by atoms with Gasteiger partial charge in [0.1, 0.15) is 28.7 Å². The number of amides is 2. The molecule has 8 nitrogen and oxygen atoms in total. The minimum Gasteiger partial charge on any atom is -0.355 e. The van der Waals surface area contributed by atoms with E-state index >= 15 is 0 Å². The molecule has 2 aliphatic rings. The van der Waals surface area contributed by atoms with Gasteiger partial charge in [-0.15, -0.1) is 0 Å². The molecule has 0 atom stereocenters. The Balaban J connectivity index is 1.86. The fourth-order valence-corrected chi connectivity index (χ4v) is 4.74. The molecule has 1 aromatic carbocycles. The SMILES string of the molecule is CNC(=O)c1ccc(N2C(=S=O)N(c3cnc(C#N)c(C(F)(F)F)c3)C(=O)C23CCC3)cc1F. The number of carbonyl (C=O) groups is 2. The largest absolute Gasteiger partial charge is 0.419 e. The monoisotopic (exact) mass is 493 g/mol. The van der Waals surface area contributed by atoms with Crippen LogP contribution >= 0.6 is 0 Å². The van der Waals surface area contributed by atoms with Crippen molar-refractivity contribution in [2.75, 3.05) is 16.8 Å². The fourth-order valence-electron chi connectivity index (χ4n) is 4.13. The number of nitriles is 1. The summed E-state index contributed by atoms with van der Waals surface area (Å²) in [6.45, 7) is 0. The van der Waals surface area contributed by atoms with Crippen molar-refractivity contribution in [2.45, 2.75) is 31.0 Å². The van der Waals surface area contributed by atoms with E-state index in [1.54, 1.807) is 0 Å². The Morgan fingerprint density at radius 2 is 1.97 bits per heavy atom. The van der Waals surface area contributed by atoms with Crippen molar-refractivity contribution in [3.63, 3.8) is 0 Å². The highest BCUT2D eigenvalue weighted by atomic mass is 32.1. The van der Waals surface area contributed by atoms with Gasteiger partial charge in [-0.3, -0.25) is 14.5 Å². The first-order chi connectivity index (χ1) is 16.1. The van der Waals surface area contributed by atoms with Crippen molar-refractivity contribution < 1.29 is 31.4 Å². The van der Waals surface area contributed by atoms with Gasteiger partial charge in [-0.05, 0) is 43.5 Å². The van der Waals surface area contributed by atoms with E-state index in [0.29, 0.717) is 12.5 Å². The van der Waals surface area contributed by atoms with Gasteiger partial charge in [-0.25, -0.2) is 13.6 Å². The predicted octanol–water partition coefficient (Wildman–Crippen LogP) is 2.55. The zero-order valence-corrected chi connectivity index (χ0v) is 18.3. The minimum atomic E-state index is -4.92. The second-order valence-corrected chi connectivity index (χ2v) is 8.20. The van der Waals surface area contributed by atoms with Gasteiger partial charge in [0, 0.05) is 12.7 Å². The molecule has 4 rings (SSSR count). The maximum Gasteiger partial charge on any atom is 0.419 e. The number of aromatic nitrogens is 1. The summed E-state index contributed by atoms with van der Waals surface area (Å²) in [6.07, 6.45) is -2.85. The summed E-state index contributed by atoms with van der Waals surface area (Å²) < 4.78 is 67.3. The van der Waals surface area contributed by atoms with E-state index in [1.807, 2.05) is 0 Å². The third-order valence-corrected chi connectivity index (χ3v) is 6.41. The molecule has 2 fully saturated rings. The molecule has 2 aromatic rings. The Morgan fingerprint density at radius 1 is 1.26 bits per heavy atom. The van der Waals surface area contributed by atoms with Crippen molar-refractivity contribution in [3.05, 3.63) is 53.1 Å². The Morgan fingerprint density at radius 3 is 2.47 bits per heavy atom. The zero-order valence-electron chi connectivity index (χ0n) is 17.4. The average molecular weight is 493 g/mol. The van der Waals surface area contributed by atoms with E-state index in [0.717, 1.165) is 17.2 Å². The quantitative estimate of drug-likeness (QED) is 0.521. The summed E-state index contributed by atoms with van der Waals surface area (Å²) in [6, 6.07) is 5.50. The number of pyridine rings is 1. The lowest BCUT2D eigenvalue weighted by atomic mass is 9.75. The number of nitrogens with one attached hydrogen (secondary N) is 1. The molecule has 2 amide bonds. The van der Waals surface area contributed by atoms with Crippen LogP contribution in [-0.2, 0) is 22.2 Å². The van der Waals surface area contributed by atoms with Crippen LogP contribution in [0.25, 0.3) is 0 Å². The van der Waals surface area contributed by atoms with Gasteiger partial charge >= 0.3 is 6.18 Å². The second kappa shape index (κ2) is 8.21. The third-order valence-electron chi connectivity index (χ3n) is 5.89. The van der Waals surface area contributed by atoms with Crippen LogP contribution in [0.4, 0.5) is 28.9 Å². The van der Waals surface area contributed by atoms with Gasteiger partial charge in [0.05, 0.1) is 23.0 Å². The van der Waals surface area contributed by atoms with Crippen LogP contribution in [0, 0.1) is 17.1 Å². The molecule has 176 valence electrons. The number of benzene rings is 1. The summed E-state index contributed by atoms with van der Waals surface area (Å²) in [5.41, 5.74) is -4.01.